The molecule has 4 aliphatic rings. The van der Waals surface area contributed by atoms with E-state index in [9.17, 15) is 25.1 Å². The van der Waals surface area contributed by atoms with Crippen molar-refractivity contribution in [3.8, 4) is 17.4 Å². The van der Waals surface area contributed by atoms with Gasteiger partial charge in [0.05, 0.1) is 16.2 Å². The van der Waals surface area contributed by atoms with E-state index in [1.54, 1.807) is 6.92 Å². The molecule has 2 N–H and O–H groups in total. The van der Waals surface area contributed by atoms with Crippen molar-refractivity contribution in [3.63, 3.8) is 0 Å². The van der Waals surface area contributed by atoms with Gasteiger partial charge in [-0.25, -0.2) is 0 Å². The van der Waals surface area contributed by atoms with Gasteiger partial charge in [-0.2, -0.15) is 0 Å². The van der Waals surface area contributed by atoms with Crippen LogP contribution in [0.4, 0.5) is 5.69 Å². The molecule has 140 valence electrons. The zero-order valence-electron chi connectivity index (χ0n) is 15.1. The predicted octanol–water partition coefficient (Wildman–Crippen LogP) is 3.92. The lowest BCUT2D eigenvalue weighted by molar-refractivity contribution is -0.385. The smallest absolute Gasteiger partial charge is 0.280 e. The van der Waals surface area contributed by atoms with E-state index >= 15 is 0 Å². The van der Waals surface area contributed by atoms with Crippen LogP contribution in [0, 0.1) is 28.9 Å². The molecular weight excluding hydrogens is 348 g/mol. The van der Waals surface area contributed by atoms with Gasteiger partial charge in [-0.05, 0) is 68.4 Å². The molecule has 2 fully saturated rings. The number of nitro benzene ring substituents is 1. The van der Waals surface area contributed by atoms with Crippen LogP contribution in [0.5, 0.6) is 11.8 Å². The first-order valence-corrected chi connectivity index (χ1v) is 9.28. The fourth-order valence-corrected chi connectivity index (χ4v) is 5.56. The van der Waals surface area contributed by atoms with Gasteiger partial charge in [0.2, 0.25) is 11.8 Å². The number of carbonyl (C=O) groups excluding carboxylic acids is 1. The highest BCUT2D eigenvalue weighted by molar-refractivity contribution is 5.99. The highest BCUT2D eigenvalue weighted by atomic mass is 16.6. The fraction of sp³-hybridized carbons (Fsp3) is 0.450. The zero-order chi connectivity index (χ0) is 19.2. The molecule has 4 aliphatic carbocycles. The minimum Gasteiger partial charge on any atom is -0.494 e. The van der Waals surface area contributed by atoms with Crippen LogP contribution in [0.2, 0.25) is 0 Å². The number of hydrogen-bond acceptors (Lipinski definition) is 5. The summed E-state index contributed by atoms with van der Waals surface area (Å²) >= 11 is 0. The first-order chi connectivity index (χ1) is 12.8. The van der Waals surface area contributed by atoms with Crippen molar-refractivity contribution in [2.24, 2.45) is 11.8 Å². The third-order valence-corrected chi connectivity index (χ3v) is 6.78. The van der Waals surface area contributed by atoms with Gasteiger partial charge in [0.15, 0.2) is 5.78 Å². The van der Waals surface area contributed by atoms with Crippen molar-refractivity contribution < 1.29 is 19.9 Å². The monoisotopic (exact) mass is 368 g/mol. The molecular formula is C20H20N2O5. The summed E-state index contributed by atoms with van der Waals surface area (Å²) in [4.78, 5) is 22.7. The van der Waals surface area contributed by atoms with Gasteiger partial charge < -0.3 is 10.2 Å². The Bertz CT molecular complexity index is 998. The summed E-state index contributed by atoms with van der Waals surface area (Å²) in [5.74, 6) is 1.33. The third-order valence-electron chi connectivity index (χ3n) is 6.78. The van der Waals surface area contributed by atoms with E-state index in [-0.39, 0.29) is 34.8 Å². The number of fused-ring (bicyclic) bond motifs is 1. The number of carbonyl (C=O) groups is 1. The van der Waals surface area contributed by atoms with Gasteiger partial charge in [0, 0.05) is 17.2 Å². The van der Waals surface area contributed by atoms with Crippen molar-refractivity contribution in [2.45, 2.75) is 44.9 Å². The van der Waals surface area contributed by atoms with Gasteiger partial charge >= 0.3 is 0 Å². The Hall–Kier alpha value is -2.83. The minimum atomic E-state index is -0.582. The number of rotatable bonds is 3. The molecule has 6 rings (SSSR count). The molecule has 2 saturated carbocycles. The minimum absolute atomic E-state index is 0.00834. The number of hydrogen-bond donors (Lipinski definition) is 2. The van der Waals surface area contributed by atoms with Crippen LogP contribution in [0.25, 0.3) is 5.69 Å². The van der Waals surface area contributed by atoms with E-state index in [1.165, 1.54) is 23.6 Å². The van der Waals surface area contributed by atoms with Crippen LogP contribution in [0.1, 0.15) is 65.1 Å². The van der Waals surface area contributed by atoms with Crippen LogP contribution in [-0.4, -0.2) is 25.5 Å². The molecule has 1 aromatic carbocycles. The molecule has 0 amide bonds. The number of aromatic nitrogens is 1. The Balaban J connectivity index is 1.75. The molecule has 4 atom stereocenters. The molecule has 2 bridgehead atoms. The van der Waals surface area contributed by atoms with Crippen LogP contribution >= 0.6 is 0 Å². The summed E-state index contributed by atoms with van der Waals surface area (Å²) in [6, 6.07) is 2.74. The van der Waals surface area contributed by atoms with Crippen molar-refractivity contribution in [3.05, 3.63) is 44.5 Å². The Morgan fingerprint density at radius 3 is 2.19 bits per heavy atom. The molecule has 7 heteroatoms. The number of nitro groups is 1. The quantitative estimate of drug-likeness (QED) is 0.485. The second-order valence-electron chi connectivity index (χ2n) is 8.13. The lowest BCUT2D eigenvalue weighted by atomic mass is 9.68. The molecule has 0 aliphatic heterocycles. The van der Waals surface area contributed by atoms with E-state index < -0.39 is 10.7 Å². The molecule has 1 aromatic heterocycles. The zero-order valence-corrected chi connectivity index (χ0v) is 15.1. The maximum Gasteiger partial charge on any atom is 0.280 e. The van der Waals surface area contributed by atoms with Crippen molar-refractivity contribution in [1.29, 1.82) is 0 Å². The number of ketones is 1. The molecule has 0 radical (unpaired) electrons. The van der Waals surface area contributed by atoms with Crippen molar-refractivity contribution >= 4 is 11.5 Å². The molecule has 0 unspecified atom stereocenters. The molecule has 0 saturated heterocycles. The van der Waals surface area contributed by atoms with Gasteiger partial charge in [-0.15, -0.1) is 0 Å². The van der Waals surface area contributed by atoms with Gasteiger partial charge in [-0.1, -0.05) is 0 Å². The maximum atomic E-state index is 12.0. The second-order valence-corrected chi connectivity index (χ2v) is 8.13. The third kappa shape index (κ3) is 1.99. The Morgan fingerprint density at radius 1 is 1.15 bits per heavy atom. The summed E-state index contributed by atoms with van der Waals surface area (Å²) in [7, 11) is 0. The lowest BCUT2D eigenvalue weighted by Gasteiger charge is -2.35. The first kappa shape index (κ1) is 16.4. The average Bonchev–Trinajstić information content (AvgIpc) is 3.39. The first-order valence-electron chi connectivity index (χ1n) is 9.28. The van der Waals surface area contributed by atoms with E-state index in [2.05, 4.69) is 0 Å². The lowest BCUT2D eigenvalue weighted by Crippen LogP contribution is -2.22. The SMILES string of the molecule is CC(=O)c1cc(-n2c(O)c3c(c2O)[C@@H]2CC[C@H]3[C@H]3C[C@H]32)c(C)cc1[N+](=O)[O-]. The number of aromatic hydroxyl groups is 2. The topological polar surface area (TPSA) is 106 Å². The van der Waals surface area contributed by atoms with Crippen LogP contribution in [-0.2, 0) is 0 Å². The van der Waals surface area contributed by atoms with Crippen molar-refractivity contribution in [2.75, 3.05) is 0 Å². The maximum absolute atomic E-state index is 12.0. The van der Waals surface area contributed by atoms with E-state index in [0.29, 0.717) is 23.1 Å². The Morgan fingerprint density at radius 2 is 1.70 bits per heavy atom. The molecule has 27 heavy (non-hydrogen) atoms. The summed E-state index contributed by atoms with van der Waals surface area (Å²) < 4.78 is 1.37. The van der Waals surface area contributed by atoms with Gasteiger partial charge in [-0.3, -0.25) is 19.5 Å². The molecule has 7 nitrogen and oxygen atoms in total. The Labute approximate surface area is 155 Å². The number of Topliss-reactive ketones (excluding diaryl/α,β-unsaturated/α-hetero) is 1. The summed E-state index contributed by atoms with van der Waals surface area (Å²) in [6.07, 6.45) is 3.20. The summed E-state index contributed by atoms with van der Waals surface area (Å²) in [6.45, 7) is 2.95. The van der Waals surface area contributed by atoms with E-state index in [1.807, 2.05) is 0 Å². The van der Waals surface area contributed by atoms with Gasteiger partial charge in [0.25, 0.3) is 5.69 Å². The van der Waals surface area contributed by atoms with Crippen LogP contribution in [0.3, 0.4) is 0 Å². The molecule has 1 heterocycles. The molecule has 2 aromatic rings. The summed E-state index contributed by atoms with van der Waals surface area (Å²) in [5, 5.41) is 33.3. The van der Waals surface area contributed by atoms with Gasteiger partial charge in [0.1, 0.15) is 0 Å². The normalized spacial score (nSPS) is 27.2. The highest BCUT2D eigenvalue weighted by Crippen LogP contribution is 2.70. The number of benzene rings is 1. The Kier molecular flexibility index (Phi) is 3.10. The van der Waals surface area contributed by atoms with Crippen molar-refractivity contribution in [1.82, 2.24) is 4.57 Å². The van der Waals surface area contributed by atoms with Crippen LogP contribution < -0.4 is 0 Å². The molecule has 0 spiro atoms. The van der Waals surface area contributed by atoms with Crippen LogP contribution in [0.15, 0.2) is 12.1 Å². The highest BCUT2D eigenvalue weighted by Gasteiger charge is 2.59. The standard InChI is InChI=1S/C20H20N2O5/c1-8-5-16(22(26)27)12(9(2)23)7-15(8)21-19(24)17-10-3-4-11(14-6-13(10)14)18(17)20(21)25/h5,7,10-11,13-14,24-25H,3-4,6H2,1-2H3/t10-,11+,13+,14-. The predicted molar refractivity (Wildman–Crippen MR) is 96.8 cm³/mol. The van der Waals surface area contributed by atoms with E-state index in [0.717, 1.165) is 30.4 Å². The average molecular weight is 368 g/mol. The largest absolute Gasteiger partial charge is 0.494 e. The number of aryl methyl sites for hydroxylation is 1. The summed E-state index contributed by atoms with van der Waals surface area (Å²) in [5.41, 5.74) is 2.30. The number of nitrogens with zero attached hydrogens (tertiary/aromatic N) is 2. The fourth-order valence-electron chi connectivity index (χ4n) is 5.56. The van der Waals surface area contributed by atoms with E-state index in [4.69, 9.17) is 0 Å². The second kappa shape index (κ2) is 5.12.